The first kappa shape index (κ1) is 16.5. The fourth-order valence-corrected chi connectivity index (χ4v) is 3.08. The van der Waals surface area contributed by atoms with Gasteiger partial charge in [-0.25, -0.2) is 9.78 Å². The van der Waals surface area contributed by atoms with Crippen LogP contribution in [0.15, 0.2) is 46.1 Å². The second-order valence-electron chi connectivity index (χ2n) is 6.27. The van der Waals surface area contributed by atoms with Gasteiger partial charge in [0, 0.05) is 23.8 Å². The molecule has 1 fully saturated rings. The van der Waals surface area contributed by atoms with Gasteiger partial charge in [0.2, 0.25) is 0 Å². The van der Waals surface area contributed by atoms with Gasteiger partial charge in [0.15, 0.2) is 0 Å². The number of nitrogens with one attached hydrogen (secondary N) is 2. The van der Waals surface area contributed by atoms with Crippen molar-refractivity contribution in [2.45, 2.75) is 25.4 Å². The Morgan fingerprint density at radius 1 is 1.31 bits per heavy atom. The molecular weight excluding hydrogens is 356 g/mol. The Kier molecular flexibility index (Phi) is 4.08. The molecule has 8 heteroatoms. The van der Waals surface area contributed by atoms with Gasteiger partial charge in [-0.2, -0.15) is 0 Å². The molecule has 0 unspecified atom stereocenters. The normalized spacial score (nSPS) is 13.7. The summed E-state index contributed by atoms with van der Waals surface area (Å²) in [5.41, 5.74) is 0.424. The zero-order valence-corrected chi connectivity index (χ0v) is 14.4. The molecule has 1 aliphatic carbocycles. The van der Waals surface area contributed by atoms with E-state index in [-0.39, 0.29) is 22.9 Å². The lowest BCUT2D eigenvalue weighted by Gasteiger charge is -2.09. The highest BCUT2D eigenvalue weighted by Gasteiger charge is 2.27. The summed E-state index contributed by atoms with van der Waals surface area (Å²) in [5, 5.41) is 3.59. The van der Waals surface area contributed by atoms with Gasteiger partial charge in [-0.1, -0.05) is 23.7 Å². The third kappa shape index (κ3) is 3.13. The van der Waals surface area contributed by atoms with Gasteiger partial charge in [0.25, 0.3) is 11.5 Å². The van der Waals surface area contributed by atoms with E-state index < -0.39 is 11.2 Å². The minimum Gasteiger partial charge on any atom is -0.348 e. The summed E-state index contributed by atoms with van der Waals surface area (Å²) >= 11 is 5.93. The van der Waals surface area contributed by atoms with Crippen LogP contribution < -0.4 is 16.6 Å². The third-order valence-electron chi connectivity index (χ3n) is 4.30. The molecule has 0 radical (unpaired) electrons. The fourth-order valence-electron chi connectivity index (χ4n) is 2.86. The lowest BCUT2D eigenvalue weighted by Crippen LogP contribution is -2.31. The van der Waals surface area contributed by atoms with E-state index in [1.165, 1.54) is 16.8 Å². The van der Waals surface area contributed by atoms with E-state index in [2.05, 4.69) is 15.3 Å². The average Bonchev–Trinajstić information content (AvgIpc) is 3.44. The standard InChI is InChI=1S/C18H15ClN4O3/c19-12-3-1-2-10(6-12)8-21-16(24)11-7-14-15(20-9-11)23(13-4-5-13)18(26)22-17(14)25/h1-3,6-7,9,13H,4-5,8H2,(H,21,24)(H,22,25,26). The molecule has 0 atom stereocenters. The van der Waals surface area contributed by atoms with Crippen LogP contribution in [0.3, 0.4) is 0 Å². The van der Waals surface area contributed by atoms with Crippen molar-refractivity contribution in [2.75, 3.05) is 0 Å². The summed E-state index contributed by atoms with van der Waals surface area (Å²) in [6.07, 6.45) is 3.14. The number of benzene rings is 1. The van der Waals surface area contributed by atoms with Crippen molar-refractivity contribution in [3.63, 3.8) is 0 Å². The highest BCUT2D eigenvalue weighted by molar-refractivity contribution is 6.30. The summed E-state index contributed by atoms with van der Waals surface area (Å²) < 4.78 is 1.49. The van der Waals surface area contributed by atoms with E-state index in [9.17, 15) is 14.4 Å². The molecule has 1 amide bonds. The zero-order chi connectivity index (χ0) is 18.3. The highest BCUT2D eigenvalue weighted by Crippen LogP contribution is 2.34. The minimum absolute atomic E-state index is 0.0665. The smallest absolute Gasteiger partial charge is 0.330 e. The molecule has 1 aromatic carbocycles. The monoisotopic (exact) mass is 370 g/mol. The summed E-state index contributed by atoms with van der Waals surface area (Å²) in [6, 6.07) is 8.71. The van der Waals surface area contributed by atoms with Gasteiger partial charge >= 0.3 is 5.69 Å². The van der Waals surface area contributed by atoms with Gasteiger partial charge in [-0.05, 0) is 36.6 Å². The molecule has 0 spiro atoms. The molecule has 2 heterocycles. The van der Waals surface area contributed by atoms with Crippen LogP contribution in [0.4, 0.5) is 0 Å². The van der Waals surface area contributed by atoms with Crippen molar-refractivity contribution in [3.8, 4) is 0 Å². The van der Waals surface area contributed by atoms with Gasteiger partial charge in [0.05, 0.1) is 10.9 Å². The Hall–Kier alpha value is -2.93. The lowest BCUT2D eigenvalue weighted by atomic mass is 10.2. The van der Waals surface area contributed by atoms with Gasteiger partial charge in [-0.3, -0.25) is 19.1 Å². The molecule has 132 valence electrons. The highest BCUT2D eigenvalue weighted by atomic mass is 35.5. The molecule has 26 heavy (non-hydrogen) atoms. The summed E-state index contributed by atoms with van der Waals surface area (Å²) in [4.78, 5) is 43.1. The molecular formula is C18H15ClN4O3. The maximum Gasteiger partial charge on any atom is 0.330 e. The number of pyridine rings is 1. The quantitative estimate of drug-likeness (QED) is 0.734. The van der Waals surface area contributed by atoms with Gasteiger partial charge in [-0.15, -0.1) is 0 Å². The Morgan fingerprint density at radius 3 is 2.85 bits per heavy atom. The second-order valence-corrected chi connectivity index (χ2v) is 6.70. The Bertz CT molecular complexity index is 1130. The van der Waals surface area contributed by atoms with Crippen molar-refractivity contribution < 1.29 is 4.79 Å². The van der Waals surface area contributed by atoms with Crippen molar-refractivity contribution in [3.05, 3.63) is 73.5 Å². The maximum atomic E-state index is 12.4. The van der Waals surface area contributed by atoms with Crippen molar-refractivity contribution in [1.29, 1.82) is 0 Å². The number of aromatic amines is 1. The molecule has 1 saturated carbocycles. The summed E-state index contributed by atoms with van der Waals surface area (Å²) in [6.45, 7) is 0.301. The fraction of sp³-hybridized carbons (Fsp3) is 0.222. The Balaban J connectivity index is 1.64. The predicted octanol–water partition coefficient (Wildman–Crippen LogP) is 2.00. The second kappa shape index (κ2) is 6.42. The number of hydrogen-bond acceptors (Lipinski definition) is 4. The molecule has 0 aliphatic heterocycles. The molecule has 0 bridgehead atoms. The number of carbonyl (C=O) groups excluding carboxylic acids is 1. The number of aromatic nitrogens is 3. The van der Waals surface area contributed by atoms with E-state index in [1.807, 2.05) is 6.07 Å². The SMILES string of the molecule is O=C(NCc1cccc(Cl)c1)c1cnc2c(c1)c(=O)[nH]c(=O)n2C1CC1. The molecule has 1 aliphatic rings. The van der Waals surface area contributed by atoms with Crippen LogP contribution in [0.5, 0.6) is 0 Å². The van der Waals surface area contributed by atoms with E-state index in [4.69, 9.17) is 11.6 Å². The molecule has 3 aromatic rings. The minimum atomic E-state index is -0.543. The van der Waals surface area contributed by atoms with Crippen LogP contribution >= 0.6 is 11.6 Å². The van der Waals surface area contributed by atoms with Crippen LogP contribution in [-0.2, 0) is 6.54 Å². The number of rotatable bonds is 4. The van der Waals surface area contributed by atoms with Crippen molar-refractivity contribution in [1.82, 2.24) is 19.9 Å². The van der Waals surface area contributed by atoms with Crippen LogP contribution in [0.2, 0.25) is 5.02 Å². The van der Waals surface area contributed by atoms with Crippen molar-refractivity contribution >= 4 is 28.5 Å². The third-order valence-corrected chi connectivity index (χ3v) is 4.53. The number of H-pyrrole nitrogens is 1. The average molecular weight is 371 g/mol. The first-order chi connectivity index (χ1) is 12.5. The summed E-state index contributed by atoms with van der Waals surface area (Å²) in [7, 11) is 0. The van der Waals surface area contributed by atoms with Crippen LogP contribution in [0, 0.1) is 0 Å². The number of nitrogens with zero attached hydrogens (tertiary/aromatic N) is 2. The Morgan fingerprint density at radius 2 is 2.12 bits per heavy atom. The summed E-state index contributed by atoms with van der Waals surface area (Å²) in [5.74, 6) is -0.358. The van der Waals surface area contributed by atoms with Crippen LogP contribution in [0.1, 0.15) is 34.8 Å². The molecule has 4 rings (SSSR count). The lowest BCUT2D eigenvalue weighted by molar-refractivity contribution is 0.0950. The van der Waals surface area contributed by atoms with E-state index >= 15 is 0 Å². The molecule has 7 nitrogen and oxygen atoms in total. The topological polar surface area (TPSA) is 96.8 Å². The van der Waals surface area contributed by atoms with Crippen LogP contribution in [0.25, 0.3) is 11.0 Å². The zero-order valence-electron chi connectivity index (χ0n) is 13.7. The molecule has 0 saturated heterocycles. The number of halogens is 1. The molecule has 2 N–H and O–H groups in total. The first-order valence-corrected chi connectivity index (χ1v) is 8.58. The number of hydrogen-bond donors (Lipinski definition) is 2. The van der Waals surface area contributed by atoms with Crippen molar-refractivity contribution in [2.24, 2.45) is 0 Å². The number of amides is 1. The Labute approximate surface area is 152 Å². The maximum absolute atomic E-state index is 12.4. The van der Waals surface area contributed by atoms with E-state index in [0.29, 0.717) is 17.2 Å². The largest absolute Gasteiger partial charge is 0.348 e. The predicted molar refractivity (Wildman–Crippen MR) is 97.5 cm³/mol. The number of carbonyl (C=O) groups is 1. The van der Waals surface area contributed by atoms with Gasteiger partial charge < -0.3 is 5.32 Å². The number of fused-ring (bicyclic) bond motifs is 1. The van der Waals surface area contributed by atoms with Gasteiger partial charge in [0.1, 0.15) is 5.65 Å². The van der Waals surface area contributed by atoms with E-state index in [0.717, 1.165) is 18.4 Å². The van der Waals surface area contributed by atoms with E-state index in [1.54, 1.807) is 18.2 Å². The first-order valence-electron chi connectivity index (χ1n) is 8.20. The molecule has 2 aromatic heterocycles. The van der Waals surface area contributed by atoms with Crippen LogP contribution in [-0.4, -0.2) is 20.4 Å².